The van der Waals surface area contributed by atoms with Crippen LogP contribution >= 0.6 is 11.6 Å². The highest BCUT2D eigenvalue weighted by atomic mass is 35.5. The van der Waals surface area contributed by atoms with Gasteiger partial charge in [0, 0.05) is 0 Å². The second-order valence-electron chi connectivity index (χ2n) is 5.15. The third-order valence-electron chi connectivity index (χ3n) is 3.27. The van der Waals surface area contributed by atoms with Crippen molar-refractivity contribution in [3.8, 4) is 0 Å². The second kappa shape index (κ2) is 6.67. The van der Waals surface area contributed by atoms with Crippen molar-refractivity contribution in [1.29, 1.82) is 0 Å². The molecule has 0 saturated heterocycles. The normalized spacial score (nSPS) is 12.6. The van der Waals surface area contributed by atoms with Gasteiger partial charge < -0.3 is 5.32 Å². The molecule has 0 saturated carbocycles. The molecule has 1 N–H and O–H groups in total. The first kappa shape index (κ1) is 15.4. The summed E-state index contributed by atoms with van der Waals surface area (Å²) in [4.78, 5) is 23.8. The van der Waals surface area contributed by atoms with Crippen LogP contribution in [0.4, 0.5) is 0 Å². The van der Waals surface area contributed by atoms with Gasteiger partial charge in [0.25, 0.3) is 5.56 Å². The monoisotopic (exact) mass is 308 g/mol. The number of fused-ring (bicyclic) bond motifs is 1. The molecule has 0 bridgehead atoms. The minimum Gasteiger partial charge on any atom is -0.350 e. The summed E-state index contributed by atoms with van der Waals surface area (Å²) in [5, 5.41) is 11.3. The maximum atomic E-state index is 12.4. The van der Waals surface area contributed by atoms with Crippen LogP contribution in [0.1, 0.15) is 13.8 Å². The predicted molar refractivity (Wildman–Crippen MR) is 81.3 cm³/mol. The molecule has 0 aliphatic heterocycles. The summed E-state index contributed by atoms with van der Waals surface area (Å²) in [6.45, 7) is 4.17. The number of carbonyl (C=O) groups excluding carboxylic acids is 1. The summed E-state index contributed by atoms with van der Waals surface area (Å²) in [6, 6.07) is 6.81. The summed E-state index contributed by atoms with van der Waals surface area (Å²) in [7, 11) is 0. The Kier molecular flexibility index (Phi) is 4.90. The Hall–Kier alpha value is -1.95. The summed E-state index contributed by atoms with van der Waals surface area (Å²) in [6.07, 6.45) is 0. The molecule has 1 heterocycles. The predicted octanol–water partition coefficient (Wildman–Crippen LogP) is 1.17. The first-order valence-corrected chi connectivity index (χ1v) is 7.24. The van der Waals surface area contributed by atoms with Gasteiger partial charge in [0.1, 0.15) is 11.4 Å². The molecular weight excluding hydrogens is 292 g/mol. The molecule has 7 heteroatoms. The van der Waals surface area contributed by atoms with Crippen LogP contribution in [0.3, 0.4) is 0 Å². The number of nitrogens with zero attached hydrogens (tertiary/aromatic N) is 3. The van der Waals surface area contributed by atoms with E-state index >= 15 is 0 Å². The lowest BCUT2D eigenvalue weighted by Gasteiger charge is -2.22. The smallest absolute Gasteiger partial charge is 0.277 e. The number of nitrogens with one attached hydrogen (secondary N) is 1. The van der Waals surface area contributed by atoms with Crippen LogP contribution in [-0.4, -0.2) is 32.8 Å². The summed E-state index contributed by atoms with van der Waals surface area (Å²) < 4.78 is 1.28. The molecule has 1 amide bonds. The minimum absolute atomic E-state index is 0.110. The van der Waals surface area contributed by atoms with E-state index in [-0.39, 0.29) is 35.9 Å². The largest absolute Gasteiger partial charge is 0.350 e. The van der Waals surface area contributed by atoms with E-state index < -0.39 is 0 Å². The fourth-order valence-electron chi connectivity index (χ4n) is 2.00. The van der Waals surface area contributed by atoms with Crippen molar-refractivity contribution in [3.63, 3.8) is 0 Å². The molecule has 1 atom stereocenters. The summed E-state index contributed by atoms with van der Waals surface area (Å²) in [5.41, 5.74) is 0.344. The van der Waals surface area contributed by atoms with E-state index in [1.165, 1.54) is 4.68 Å². The summed E-state index contributed by atoms with van der Waals surface area (Å²) >= 11 is 5.50. The lowest BCUT2D eigenvalue weighted by molar-refractivity contribution is -0.119. The van der Waals surface area contributed by atoms with E-state index in [1.54, 1.807) is 24.3 Å². The first-order chi connectivity index (χ1) is 10.0. The molecule has 1 aromatic heterocycles. The van der Waals surface area contributed by atoms with Gasteiger partial charge in [-0.2, -0.15) is 0 Å². The molecular formula is C14H17ClN4O2. The van der Waals surface area contributed by atoms with Crippen LogP contribution in [0.5, 0.6) is 0 Å². The molecule has 112 valence electrons. The van der Waals surface area contributed by atoms with E-state index in [9.17, 15) is 9.59 Å². The second-order valence-corrected chi connectivity index (χ2v) is 5.41. The third-order valence-corrected chi connectivity index (χ3v) is 3.51. The summed E-state index contributed by atoms with van der Waals surface area (Å²) in [5.74, 6) is -0.240. The number of alkyl halides is 1. The quantitative estimate of drug-likeness (QED) is 0.841. The molecule has 2 rings (SSSR count). The Morgan fingerprint density at radius 2 is 2.10 bits per heavy atom. The van der Waals surface area contributed by atoms with Gasteiger partial charge in [-0.1, -0.05) is 31.2 Å². The Balaban J connectivity index is 2.31. The van der Waals surface area contributed by atoms with Gasteiger partial charge in [-0.05, 0) is 18.1 Å². The SMILES string of the molecule is CC(C)[C@H](Cn1nnc2ccccc2c1=O)NC(=O)CCl. The Labute approximate surface area is 127 Å². The third kappa shape index (κ3) is 3.58. The molecule has 0 fully saturated rings. The van der Waals surface area contributed by atoms with Gasteiger partial charge >= 0.3 is 0 Å². The molecule has 0 radical (unpaired) electrons. The number of benzene rings is 1. The number of rotatable bonds is 5. The Morgan fingerprint density at radius 3 is 2.76 bits per heavy atom. The number of amides is 1. The Morgan fingerprint density at radius 1 is 1.38 bits per heavy atom. The van der Waals surface area contributed by atoms with Gasteiger partial charge in [0.05, 0.1) is 18.0 Å². The standard InChI is InChI=1S/C14H17ClN4O2/c1-9(2)12(16-13(20)7-15)8-19-14(21)10-5-3-4-6-11(10)17-18-19/h3-6,9,12H,7-8H2,1-2H3,(H,16,20)/t12-/m0/s1. The zero-order valence-electron chi connectivity index (χ0n) is 11.9. The molecule has 0 unspecified atom stereocenters. The van der Waals surface area contributed by atoms with Gasteiger partial charge in [0.2, 0.25) is 5.91 Å². The zero-order chi connectivity index (χ0) is 15.4. The highest BCUT2D eigenvalue weighted by molar-refractivity contribution is 6.27. The molecule has 6 nitrogen and oxygen atoms in total. The van der Waals surface area contributed by atoms with Crippen molar-refractivity contribution in [3.05, 3.63) is 34.6 Å². The Bertz CT molecular complexity index is 699. The molecule has 0 spiro atoms. The van der Waals surface area contributed by atoms with Crippen LogP contribution in [0.15, 0.2) is 29.1 Å². The van der Waals surface area contributed by atoms with E-state index in [1.807, 2.05) is 13.8 Å². The topological polar surface area (TPSA) is 76.9 Å². The van der Waals surface area contributed by atoms with Crippen LogP contribution in [-0.2, 0) is 11.3 Å². The average Bonchev–Trinajstić information content (AvgIpc) is 2.49. The lowest BCUT2D eigenvalue weighted by Crippen LogP contribution is -2.44. The van der Waals surface area contributed by atoms with Crippen molar-refractivity contribution in [2.24, 2.45) is 5.92 Å². The van der Waals surface area contributed by atoms with Gasteiger partial charge in [-0.3, -0.25) is 9.59 Å². The van der Waals surface area contributed by atoms with E-state index in [0.717, 1.165) is 0 Å². The minimum atomic E-state index is -0.267. The highest BCUT2D eigenvalue weighted by Gasteiger charge is 2.18. The average molecular weight is 309 g/mol. The fraction of sp³-hybridized carbons (Fsp3) is 0.429. The molecule has 1 aromatic carbocycles. The zero-order valence-corrected chi connectivity index (χ0v) is 12.7. The molecule has 2 aromatic rings. The number of hydrogen-bond donors (Lipinski definition) is 1. The van der Waals surface area contributed by atoms with E-state index in [4.69, 9.17) is 11.6 Å². The van der Waals surface area contributed by atoms with Crippen molar-refractivity contribution in [2.45, 2.75) is 26.4 Å². The van der Waals surface area contributed by atoms with Crippen molar-refractivity contribution >= 4 is 28.4 Å². The van der Waals surface area contributed by atoms with Gasteiger partial charge in [-0.25, -0.2) is 4.68 Å². The number of carbonyl (C=O) groups is 1. The molecule has 0 aliphatic rings. The van der Waals surface area contributed by atoms with Crippen LogP contribution in [0, 0.1) is 5.92 Å². The molecule has 0 aliphatic carbocycles. The number of halogens is 1. The van der Waals surface area contributed by atoms with Crippen molar-refractivity contribution < 1.29 is 4.79 Å². The fourth-order valence-corrected chi connectivity index (χ4v) is 2.07. The van der Waals surface area contributed by atoms with Crippen LogP contribution in [0.25, 0.3) is 10.9 Å². The van der Waals surface area contributed by atoms with Crippen molar-refractivity contribution in [1.82, 2.24) is 20.3 Å². The number of hydrogen-bond acceptors (Lipinski definition) is 4. The van der Waals surface area contributed by atoms with Gasteiger partial charge in [-0.15, -0.1) is 16.7 Å². The molecule has 21 heavy (non-hydrogen) atoms. The first-order valence-electron chi connectivity index (χ1n) is 6.70. The van der Waals surface area contributed by atoms with Crippen LogP contribution in [0.2, 0.25) is 0 Å². The maximum Gasteiger partial charge on any atom is 0.277 e. The maximum absolute atomic E-state index is 12.4. The lowest BCUT2D eigenvalue weighted by atomic mass is 10.0. The highest BCUT2D eigenvalue weighted by Crippen LogP contribution is 2.06. The van der Waals surface area contributed by atoms with Crippen LogP contribution < -0.4 is 10.9 Å². The van der Waals surface area contributed by atoms with E-state index in [2.05, 4.69) is 15.6 Å². The van der Waals surface area contributed by atoms with Gasteiger partial charge in [0.15, 0.2) is 0 Å². The van der Waals surface area contributed by atoms with Crippen molar-refractivity contribution in [2.75, 3.05) is 5.88 Å². The van der Waals surface area contributed by atoms with E-state index in [0.29, 0.717) is 10.9 Å². The number of aromatic nitrogens is 3.